The van der Waals surface area contributed by atoms with Crippen molar-refractivity contribution in [3.05, 3.63) is 113 Å². The number of carbonyl (C=O) groups excluding carboxylic acids is 1. The van der Waals surface area contributed by atoms with Gasteiger partial charge in [0.2, 0.25) is 0 Å². The number of rotatable bonds is 9. The van der Waals surface area contributed by atoms with Crippen LogP contribution in [0.4, 0.5) is 13.2 Å². The van der Waals surface area contributed by atoms with Gasteiger partial charge in [0.1, 0.15) is 23.2 Å². The van der Waals surface area contributed by atoms with E-state index in [1.54, 1.807) is 18.2 Å². The molecule has 5 heteroatoms. The van der Waals surface area contributed by atoms with Gasteiger partial charge in [-0.25, -0.2) is 18.0 Å². The highest BCUT2D eigenvalue weighted by atomic mass is 19.1. The predicted molar refractivity (Wildman–Crippen MR) is 129 cm³/mol. The molecule has 0 aliphatic heterocycles. The first kappa shape index (κ1) is 25.0. The molecular formula is C29H27F3O2. The lowest BCUT2D eigenvalue weighted by atomic mass is 10.0. The summed E-state index contributed by atoms with van der Waals surface area (Å²) in [7, 11) is 0. The van der Waals surface area contributed by atoms with Crippen molar-refractivity contribution in [3.63, 3.8) is 0 Å². The monoisotopic (exact) mass is 464 g/mol. The van der Waals surface area contributed by atoms with E-state index < -0.39 is 23.4 Å². The normalized spacial score (nSPS) is 11.4. The third kappa shape index (κ3) is 6.47. The van der Waals surface area contributed by atoms with Gasteiger partial charge in [0.05, 0.1) is 5.56 Å². The molecule has 3 aromatic rings. The lowest BCUT2D eigenvalue weighted by molar-refractivity contribution is 0.0729. The molecule has 34 heavy (non-hydrogen) atoms. The van der Waals surface area contributed by atoms with E-state index >= 15 is 0 Å². The van der Waals surface area contributed by atoms with Crippen molar-refractivity contribution >= 4 is 5.97 Å². The quantitative estimate of drug-likeness (QED) is 0.182. The van der Waals surface area contributed by atoms with Gasteiger partial charge in [0, 0.05) is 11.6 Å². The number of ether oxygens (including phenoxy) is 1. The van der Waals surface area contributed by atoms with E-state index in [9.17, 15) is 18.0 Å². The van der Waals surface area contributed by atoms with Gasteiger partial charge in [0.25, 0.3) is 0 Å². The maximum atomic E-state index is 14.7. The molecule has 0 aliphatic carbocycles. The highest BCUT2D eigenvalue weighted by Crippen LogP contribution is 2.28. The largest absolute Gasteiger partial charge is 0.423 e. The Bertz CT molecular complexity index is 1210. The molecule has 0 aliphatic rings. The fourth-order valence-electron chi connectivity index (χ4n) is 3.57. The van der Waals surface area contributed by atoms with Gasteiger partial charge in [-0.15, -0.1) is 0 Å². The van der Waals surface area contributed by atoms with E-state index in [0.29, 0.717) is 24.0 Å². The average Bonchev–Trinajstić information content (AvgIpc) is 2.80. The van der Waals surface area contributed by atoms with E-state index in [1.165, 1.54) is 30.3 Å². The second-order valence-electron chi connectivity index (χ2n) is 7.87. The molecule has 0 heterocycles. The molecule has 3 aromatic carbocycles. The number of benzene rings is 3. The number of allylic oxidation sites excluding steroid dienone is 4. The standard InChI is InChI=1S/C29H27F3O2/c1-3-5-7-9-20-11-15-25(27(31)17-20)29(33)34-23-14-16-24(28(32)19-23)22-13-12-21(26(30)18-22)10-8-6-4-2/h3-6,11-19H,7-10H2,1-2H3/b5-3+,6-4+. The number of esters is 1. The summed E-state index contributed by atoms with van der Waals surface area (Å²) >= 11 is 0. The zero-order chi connectivity index (χ0) is 24.5. The van der Waals surface area contributed by atoms with Crippen molar-refractivity contribution < 1.29 is 22.7 Å². The summed E-state index contributed by atoms with van der Waals surface area (Å²) in [6, 6.07) is 12.8. The van der Waals surface area contributed by atoms with Gasteiger partial charge in [-0.3, -0.25) is 0 Å². The van der Waals surface area contributed by atoms with Crippen molar-refractivity contribution in [2.75, 3.05) is 0 Å². The Balaban J connectivity index is 1.72. The molecule has 3 rings (SSSR count). The molecule has 176 valence electrons. The zero-order valence-corrected chi connectivity index (χ0v) is 19.3. The van der Waals surface area contributed by atoms with Gasteiger partial charge < -0.3 is 4.74 Å². The highest BCUT2D eigenvalue weighted by Gasteiger charge is 2.16. The van der Waals surface area contributed by atoms with Crippen LogP contribution < -0.4 is 4.74 Å². The molecule has 0 saturated heterocycles. The van der Waals surface area contributed by atoms with Crippen molar-refractivity contribution in [2.24, 2.45) is 0 Å². The van der Waals surface area contributed by atoms with Crippen molar-refractivity contribution in [1.29, 1.82) is 0 Å². The van der Waals surface area contributed by atoms with Crippen LogP contribution in [0.1, 0.15) is 48.2 Å². The molecule has 0 atom stereocenters. The van der Waals surface area contributed by atoms with Crippen LogP contribution in [0.25, 0.3) is 11.1 Å². The van der Waals surface area contributed by atoms with E-state index in [0.717, 1.165) is 24.5 Å². The third-order valence-corrected chi connectivity index (χ3v) is 5.42. The van der Waals surface area contributed by atoms with Crippen LogP contribution in [0.5, 0.6) is 5.75 Å². The molecule has 0 spiro atoms. The molecule has 0 bridgehead atoms. The van der Waals surface area contributed by atoms with Gasteiger partial charge in [-0.05, 0) is 86.6 Å². The molecular weight excluding hydrogens is 437 g/mol. The Hall–Kier alpha value is -3.60. The SMILES string of the molecule is C/C=C/CCc1ccc(C(=O)Oc2ccc(-c3ccc(CC/C=C/C)c(F)c3)c(F)c2)c(F)c1. The summed E-state index contributed by atoms with van der Waals surface area (Å²) in [4.78, 5) is 12.4. The number of halogens is 3. The van der Waals surface area contributed by atoms with E-state index in [4.69, 9.17) is 4.74 Å². The Labute approximate surface area is 198 Å². The second kappa shape index (κ2) is 12.0. The van der Waals surface area contributed by atoms with Crippen LogP contribution in [0.2, 0.25) is 0 Å². The van der Waals surface area contributed by atoms with Crippen LogP contribution in [-0.4, -0.2) is 5.97 Å². The smallest absolute Gasteiger partial charge is 0.346 e. The fourth-order valence-corrected chi connectivity index (χ4v) is 3.57. The Morgan fingerprint density at radius 3 is 2.18 bits per heavy atom. The number of carbonyl (C=O) groups is 1. The zero-order valence-electron chi connectivity index (χ0n) is 19.3. The summed E-state index contributed by atoms with van der Waals surface area (Å²) in [5.41, 5.74) is 1.65. The van der Waals surface area contributed by atoms with Crippen molar-refractivity contribution in [1.82, 2.24) is 0 Å². The Morgan fingerprint density at radius 2 is 1.53 bits per heavy atom. The first-order chi connectivity index (χ1) is 16.4. The van der Waals surface area contributed by atoms with Gasteiger partial charge in [0.15, 0.2) is 0 Å². The molecule has 0 aromatic heterocycles. The molecule has 0 amide bonds. The van der Waals surface area contributed by atoms with Crippen LogP contribution in [0.15, 0.2) is 78.9 Å². The highest BCUT2D eigenvalue weighted by molar-refractivity contribution is 5.91. The summed E-state index contributed by atoms with van der Waals surface area (Å²) in [6.07, 6.45) is 10.5. The average molecular weight is 465 g/mol. The van der Waals surface area contributed by atoms with E-state index in [-0.39, 0.29) is 16.9 Å². The number of aryl methyl sites for hydroxylation is 2. The van der Waals surface area contributed by atoms with E-state index in [2.05, 4.69) is 0 Å². The van der Waals surface area contributed by atoms with Crippen LogP contribution in [0.3, 0.4) is 0 Å². The van der Waals surface area contributed by atoms with Gasteiger partial charge in [-0.1, -0.05) is 42.5 Å². The molecule has 0 radical (unpaired) electrons. The van der Waals surface area contributed by atoms with Crippen LogP contribution in [0, 0.1) is 17.5 Å². The minimum atomic E-state index is -0.916. The maximum absolute atomic E-state index is 14.7. The predicted octanol–water partition coefficient (Wildman–Crippen LogP) is 8.01. The fraction of sp³-hybridized carbons (Fsp3) is 0.207. The summed E-state index contributed by atoms with van der Waals surface area (Å²) < 4.78 is 48.8. The topological polar surface area (TPSA) is 26.3 Å². The molecule has 0 unspecified atom stereocenters. The third-order valence-electron chi connectivity index (χ3n) is 5.42. The van der Waals surface area contributed by atoms with Crippen LogP contribution in [-0.2, 0) is 12.8 Å². The van der Waals surface area contributed by atoms with E-state index in [1.807, 2.05) is 38.2 Å². The molecule has 2 nitrogen and oxygen atoms in total. The first-order valence-corrected chi connectivity index (χ1v) is 11.2. The first-order valence-electron chi connectivity index (χ1n) is 11.2. The van der Waals surface area contributed by atoms with Crippen molar-refractivity contribution in [3.8, 4) is 16.9 Å². The van der Waals surface area contributed by atoms with Gasteiger partial charge in [-0.2, -0.15) is 0 Å². The lowest BCUT2D eigenvalue weighted by Crippen LogP contribution is -2.11. The number of hydrogen-bond donors (Lipinski definition) is 0. The minimum Gasteiger partial charge on any atom is -0.423 e. The molecule has 0 N–H and O–H groups in total. The maximum Gasteiger partial charge on any atom is 0.346 e. The lowest BCUT2D eigenvalue weighted by Gasteiger charge is -2.10. The second-order valence-corrected chi connectivity index (χ2v) is 7.87. The van der Waals surface area contributed by atoms with Crippen molar-refractivity contribution in [2.45, 2.75) is 39.5 Å². The minimum absolute atomic E-state index is 0.0637. The molecule has 0 saturated carbocycles. The summed E-state index contributed by atoms with van der Waals surface area (Å²) in [6.45, 7) is 3.82. The number of hydrogen-bond acceptors (Lipinski definition) is 2. The van der Waals surface area contributed by atoms with Gasteiger partial charge >= 0.3 is 5.97 Å². The summed E-state index contributed by atoms with van der Waals surface area (Å²) in [5.74, 6) is -2.75. The summed E-state index contributed by atoms with van der Waals surface area (Å²) in [5, 5.41) is 0. The molecule has 0 fully saturated rings. The Kier molecular flexibility index (Phi) is 8.86. The Morgan fingerprint density at radius 1 is 0.794 bits per heavy atom. The van der Waals surface area contributed by atoms with Crippen LogP contribution >= 0.6 is 0 Å².